The van der Waals surface area contributed by atoms with Crippen LogP contribution in [0.3, 0.4) is 0 Å². The highest BCUT2D eigenvalue weighted by Crippen LogP contribution is 2.69. The van der Waals surface area contributed by atoms with E-state index in [0.717, 1.165) is 25.7 Å². The molecule has 12 nitrogen and oxygen atoms in total. The number of hydrogen-bond donors (Lipinski definition) is 0. The molecular formula is C28H45O12S3-3. The molecule has 15 heteroatoms. The summed E-state index contributed by atoms with van der Waals surface area (Å²) in [6.45, 7) is 12.9. The molecule has 0 aliphatic heterocycles. The summed E-state index contributed by atoms with van der Waals surface area (Å²) in [5, 5.41) is 0. The third kappa shape index (κ3) is 7.67. The van der Waals surface area contributed by atoms with Gasteiger partial charge in [-0.3, -0.25) is 12.5 Å². The summed E-state index contributed by atoms with van der Waals surface area (Å²) in [5.41, 5.74) is -0.973. The molecule has 0 radical (unpaired) electrons. The van der Waals surface area contributed by atoms with Crippen molar-refractivity contribution < 1.29 is 51.5 Å². The molecule has 0 N–H and O–H groups in total. The van der Waals surface area contributed by atoms with Crippen molar-refractivity contribution in [3.63, 3.8) is 0 Å². The summed E-state index contributed by atoms with van der Waals surface area (Å²) in [6, 6.07) is 0. The fraction of sp³-hybridized carbons (Fsp3) is 0.929. The maximum atomic E-state index is 11.9. The molecule has 0 bridgehead atoms. The van der Waals surface area contributed by atoms with Gasteiger partial charge in [0.2, 0.25) is 31.2 Å². The number of fused-ring (bicyclic) bond motifs is 5. The van der Waals surface area contributed by atoms with E-state index in [4.69, 9.17) is 8.37 Å². The molecule has 0 aromatic rings. The molecule has 12 atom stereocenters. The van der Waals surface area contributed by atoms with E-state index in [0.29, 0.717) is 23.7 Å². The van der Waals surface area contributed by atoms with E-state index < -0.39 is 60.8 Å². The van der Waals surface area contributed by atoms with Crippen molar-refractivity contribution >= 4 is 31.2 Å². The van der Waals surface area contributed by atoms with Gasteiger partial charge in [0.25, 0.3) is 0 Å². The Morgan fingerprint density at radius 2 is 1.21 bits per heavy atom. The van der Waals surface area contributed by atoms with Crippen molar-refractivity contribution in [2.75, 3.05) is 0 Å². The molecule has 1 unspecified atom stereocenters. The van der Waals surface area contributed by atoms with Crippen molar-refractivity contribution in [3.8, 4) is 0 Å². The maximum Gasteiger partial charge on any atom is 0.217 e. The van der Waals surface area contributed by atoms with Crippen LogP contribution in [0.1, 0.15) is 86.5 Å². The average molecular weight is 670 g/mol. The van der Waals surface area contributed by atoms with Crippen LogP contribution >= 0.6 is 0 Å². The van der Waals surface area contributed by atoms with E-state index >= 15 is 0 Å². The van der Waals surface area contributed by atoms with E-state index in [1.54, 1.807) is 0 Å². The van der Waals surface area contributed by atoms with Gasteiger partial charge in [0.1, 0.15) is 12.2 Å². The van der Waals surface area contributed by atoms with Crippen LogP contribution < -0.4 is 0 Å². The van der Waals surface area contributed by atoms with Gasteiger partial charge in [0, 0.05) is 0 Å². The lowest BCUT2D eigenvalue weighted by Crippen LogP contribution is -2.62. The first-order valence-corrected chi connectivity index (χ1v) is 19.1. The molecule has 0 heterocycles. The van der Waals surface area contributed by atoms with Crippen LogP contribution in [0.5, 0.6) is 0 Å². The molecule has 250 valence electrons. The quantitative estimate of drug-likeness (QED) is 0.185. The Balaban J connectivity index is 1.70. The van der Waals surface area contributed by atoms with Crippen LogP contribution in [-0.2, 0) is 43.7 Å². The fourth-order valence-corrected chi connectivity index (χ4v) is 11.1. The Kier molecular flexibility index (Phi) is 9.97. The third-order valence-corrected chi connectivity index (χ3v) is 13.3. The highest BCUT2D eigenvalue weighted by molar-refractivity contribution is 7.81. The number of allylic oxidation sites excluding steroid dienone is 2. The van der Waals surface area contributed by atoms with Crippen LogP contribution in [0.25, 0.3) is 0 Å². The molecule has 0 aromatic carbocycles. The van der Waals surface area contributed by atoms with E-state index in [-0.39, 0.29) is 42.4 Å². The Morgan fingerprint density at radius 3 is 1.77 bits per heavy atom. The van der Waals surface area contributed by atoms with E-state index in [1.807, 2.05) is 6.92 Å². The lowest BCUT2D eigenvalue weighted by atomic mass is 9.43. The van der Waals surface area contributed by atoms with E-state index in [1.165, 1.54) is 0 Å². The van der Waals surface area contributed by atoms with Crippen LogP contribution in [-0.4, -0.2) is 57.2 Å². The number of hydrogen-bond acceptors (Lipinski definition) is 12. The molecular weight excluding hydrogens is 624 g/mol. The second kappa shape index (κ2) is 12.2. The predicted molar refractivity (Wildman–Crippen MR) is 152 cm³/mol. The lowest BCUT2D eigenvalue weighted by Gasteiger charge is -2.63. The van der Waals surface area contributed by atoms with Gasteiger partial charge >= 0.3 is 0 Å². The summed E-state index contributed by atoms with van der Waals surface area (Å²) in [4.78, 5) is 0. The van der Waals surface area contributed by atoms with Gasteiger partial charge in [-0.15, -0.1) is 0 Å². The monoisotopic (exact) mass is 669 g/mol. The van der Waals surface area contributed by atoms with Crippen LogP contribution in [0.2, 0.25) is 0 Å². The summed E-state index contributed by atoms with van der Waals surface area (Å²) < 4.78 is 120. The minimum atomic E-state index is -5.35. The average Bonchev–Trinajstić information content (AvgIpc) is 3.18. The molecule has 0 saturated heterocycles. The highest BCUT2D eigenvalue weighted by Gasteiger charge is 2.64. The normalized spacial score (nSPS) is 41.9. The number of rotatable bonds is 10. The summed E-state index contributed by atoms with van der Waals surface area (Å²) >= 11 is 0. The van der Waals surface area contributed by atoms with Crippen LogP contribution in [0.15, 0.2) is 12.2 Å². The first-order chi connectivity index (χ1) is 19.5. The molecule has 4 fully saturated rings. The van der Waals surface area contributed by atoms with E-state index in [9.17, 15) is 38.9 Å². The summed E-state index contributed by atoms with van der Waals surface area (Å²) in [5.74, 6) is 0.897. The van der Waals surface area contributed by atoms with Gasteiger partial charge in [0.05, 0.1) is 6.10 Å². The predicted octanol–water partition coefficient (Wildman–Crippen LogP) is 3.89. The van der Waals surface area contributed by atoms with Crippen molar-refractivity contribution in [1.82, 2.24) is 0 Å². The van der Waals surface area contributed by atoms with Crippen molar-refractivity contribution in [3.05, 3.63) is 12.2 Å². The molecule has 0 spiro atoms. The minimum Gasteiger partial charge on any atom is -0.726 e. The Labute approximate surface area is 257 Å². The topological polar surface area (TPSA) is 199 Å². The fourth-order valence-electron chi connectivity index (χ4n) is 9.63. The van der Waals surface area contributed by atoms with Crippen molar-refractivity contribution in [1.29, 1.82) is 0 Å². The minimum absolute atomic E-state index is 0.0682. The Morgan fingerprint density at radius 1 is 0.674 bits per heavy atom. The smallest absolute Gasteiger partial charge is 0.217 e. The van der Waals surface area contributed by atoms with Gasteiger partial charge in [-0.25, -0.2) is 25.3 Å². The van der Waals surface area contributed by atoms with Crippen LogP contribution in [0.4, 0.5) is 0 Å². The molecule has 0 aromatic heterocycles. The molecule has 4 aliphatic rings. The standard InChI is InChI=1S/C28H48O12S3/c1-16(2)17(3)7-8-18(4)20-9-10-21-19-13-24(38-41(29,30)31)23-14-25(39-42(32,33)34)26(40-43(35,36)37)15-28(23,6)22(19)11-12-27(20,21)5/h7-8,16-26H,9-15H2,1-6H3,(H,29,30,31)(H,32,33,34)(H,35,36,37)/p-3/b8-7+/t17?,18-,19+,20-,21+,22+,23-,24+,25+,26+,27-,28-/m1/s1. The molecule has 4 saturated carbocycles. The van der Waals surface area contributed by atoms with Gasteiger partial charge in [-0.1, -0.05) is 53.7 Å². The van der Waals surface area contributed by atoms with Crippen molar-refractivity contribution in [2.45, 2.75) is 105 Å². The van der Waals surface area contributed by atoms with Gasteiger partial charge < -0.3 is 13.7 Å². The maximum absolute atomic E-state index is 11.9. The first-order valence-electron chi connectivity index (χ1n) is 15.1. The zero-order chi connectivity index (χ0) is 32.3. The molecule has 0 amide bonds. The first kappa shape index (κ1) is 35.2. The summed E-state index contributed by atoms with van der Waals surface area (Å²) in [6.07, 6.45) is 3.33. The van der Waals surface area contributed by atoms with Crippen molar-refractivity contribution in [2.24, 2.45) is 58.2 Å². The lowest BCUT2D eigenvalue weighted by molar-refractivity contribution is -0.183. The highest BCUT2D eigenvalue weighted by atomic mass is 32.3. The van der Waals surface area contributed by atoms with Gasteiger partial charge in [0.15, 0.2) is 0 Å². The second-order valence-electron chi connectivity index (χ2n) is 14.4. The summed E-state index contributed by atoms with van der Waals surface area (Å²) in [7, 11) is -15.8. The molecule has 4 rings (SSSR count). The zero-order valence-electron chi connectivity index (χ0n) is 25.6. The Hall–Kier alpha value is -0.650. The van der Waals surface area contributed by atoms with Gasteiger partial charge in [-0.2, -0.15) is 0 Å². The SMILES string of the molecule is CC(C)C(C)/C=C/[C@@H](C)[C@H]1CC[C@H]2[C@@H]3C[C@H](OS(=O)(=O)[O-])[C@H]4C[C@H](OS(=O)(=O)[O-])[C@@H](OS(=O)(=O)[O-])C[C@]4(C)[C@H]3CC[C@]12C. The van der Waals surface area contributed by atoms with Gasteiger partial charge in [-0.05, 0) is 103 Å². The second-order valence-corrected chi connectivity index (χ2v) is 17.4. The molecule has 43 heavy (non-hydrogen) atoms. The Bertz CT molecular complexity index is 1380. The zero-order valence-corrected chi connectivity index (χ0v) is 28.0. The molecule has 4 aliphatic carbocycles. The van der Waals surface area contributed by atoms with E-state index in [2.05, 4.69) is 51.0 Å². The largest absolute Gasteiger partial charge is 0.726 e. The third-order valence-electron chi connectivity index (χ3n) is 11.8. The van der Waals surface area contributed by atoms with Crippen LogP contribution in [0, 0.1) is 58.2 Å².